The van der Waals surface area contributed by atoms with Gasteiger partial charge in [-0.2, -0.15) is 0 Å². The van der Waals surface area contributed by atoms with Crippen molar-refractivity contribution in [3.05, 3.63) is 42.7 Å². The van der Waals surface area contributed by atoms with Crippen LogP contribution >= 0.6 is 11.8 Å². The van der Waals surface area contributed by atoms with Crippen LogP contribution in [0.3, 0.4) is 0 Å². The van der Waals surface area contributed by atoms with Gasteiger partial charge in [-0.3, -0.25) is 0 Å². The third-order valence-corrected chi connectivity index (χ3v) is 2.93. The summed E-state index contributed by atoms with van der Waals surface area (Å²) in [7, 11) is 1.68. The van der Waals surface area contributed by atoms with Crippen molar-refractivity contribution in [1.82, 2.24) is 9.55 Å². The van der Waals surface area contributed by atoms with Crippen LogP contribution < -0.4 is 0 Å². The van der Waals surface area contributed by atoms with Crippen LogP contribution in [0.2, 0.25) is 0 Å². The predicted octanol–water partition coefficient (Wildman–Crippen LogP) is 2.64. The Balaban J connectivity index is 2.14. The van der Waals surface area contributed by atoms with Gasteiger partial charge in [-0.25, -0.2) is 4.98 Å². The summed E-state index contributed by atoms with van der Waals surface area (Å²) in [5.41, 5.74) is 0. The van der Waals surface area contributed by atoms with Gasteiger partial charge in [0.2, 0.25) is 0 Å². The van der Waals surface area contributed by atoms with Crippen LogP contribution in [0.15, 0.2) is 52.8 Å². The molecule has 0 spiro atoms. The minimum atomic E-state index is 0.537. The predicted molar refractivity (Wildman–Crippen MR) is 59.8 cm³/mol. The molecule has 0 N–H and O–H groups in total. The first-order chi connectivity index (χ1) is 7.40. The van der Waals surface area contributed by atoms with Gasteiger partial charge < -0.3 is 9.30 Å². The Labute approximate surface area is 93.1 Å². The quantitative estimate of drug-likeness (QED) is 0.792. The van der Waals surface area contributed by atoms with Crippen LogP contribution in [0, 0.1) is 0 Å². The normalized spacial score (nSPS) is 10.5. The first-order valence-electron chi connectivity index (χ1n) is 4.63. The van der Waals surface area contributed by atoms with Crippen LogP contribution in [-0.4, -0.2) is 16.7 Å². The van der Waals surface area contributed by atoms with Crippen molar-refractivity contribution >= 4 is 11.8 Å². The van der Waals surface area contributed by atoms with Crippen molar-refractivity contribution in [2.24, 2.45) is 0 Å². The molecule has 0 amide bonds. The van der Waals surface area contributed by atoms with E-state index < -0.39 is 0 Å². The van der Waals surface area contributed by atoms with Gasteiger partial charge in [-0.15, -0.1) is 0 Å². The first kappa shape index (κ1) is 10.3. The molecule has 0 saturated carbocycles. The number of benzene rings is 1. The Bertz CT molecular complexity index is 414. The van der Waals surface area contributed by atoms with Crippen molar-refractivity contribution in [1.29, 1.82) is 0 Å². The molecule has 0 aliphatic heterocycles. The Morgan fingerprint density at radius 2 is 2.13 bits per heavy atom. The number of rotatable bonds is 4. The van der Waals surface area contributed by atoms with Crippen LogP contribution in [0.4, 0.5) is 0 Å². The molecule has 1 heterocycles. The Morgan fingerprint density at radius 1 is 1.33 bits per heavy atom. The van der Waals surface area contributed by atoms with Gasteiger partial charge in [0.05, 0.1) is 0 Å². The van der Waals surface area contributed by atoms with E-state index in [-0.39, 0.29) is 0 Å². The van der Waals surface area contributed by atoms with Crippen molar-refractivity contribution in [2.75, 3.05) is 7.11 Å². The van der Waals surface area contributed by atoms with E-state index in [0.717, 1.165) is 5.16 Å². The number of nitrogens with zero attached hydrogens (tertiary/aromatic N) is 2. The molecule has 0 atom stereocenters. The fourth-order valence-electron chi connectivity index (χ4n) is 1.23. The molecule has 15 heavy (non-hydrogen) atoms. The Morgan fingerprint density at radius 3 is 2.87 bits per heavy atom. The molecule has 2 aromatic rings. The smallest absolute Gasteiger partial charge is 0.174 e. The molecule has 2 rings (SSSR count). The average Bonchev–Trinajstić information content (AvgIpc) is 2.68. The molecule has 0 fully saturated rings. The summed E-state index contributed by atoms with van der Waals surface area (Å²) in [6.07, 6.45) is 3.69. The zero-order valence-corrected chi connectivity index (χ0v) is 9.28. The minimum Gasteiger partial charge on any atom is -0.364 e. The lowest BCUT2D eigenvalue weighted by atomic mass is 10.4. The maximum absolute atomic E-state index is 5.07. The molecule has 0 aliphatic rings. The van der Waals surface area contributed by atoms with E-state index in [1.165, 1.54) is 4.90 Å². The van der Waals surface area contributed by atoms with Crippen molar-refractivity contribution < 1.29 is 4.74 Å². The number of hydrogen-bond acceptors (Lipinski definition) is 3. The van der Waals surface area contributed by atoms with Crippen LogP contribution in [0.5, 0.6) is 0 Å². The van der Waals surface area contributed by atoms with Gasteiger partial charge in [0.25, 0.3) is 0 Å². The highest BCUT2D eigenvalue weighted by Gasteiger charge is 2.03. The summed E-state index contributed by atoms with van der Waals surface area (Å²) in [6.45, 7) is 0.537. The van der Waals surface area contributed by atoms with Crippen LogP contribution in [0.1, 0.15) is 0 Å². The fourth-order valence-corrected chi connectivity index (χ4v) is 2.08. The molecule has 0 unspecified atom stereocenters. The largest absolute Gasteiger partial charge is 0.364 e. The molecule has 3 nitrogen and oxygen atoms in total. The second kappa shape index (κ2) is 5.00. The second-order valence-corrected chi connectivity index (χ2v) is 4.05. The zero-order chi connectivity index (χ0) is 10.5. The highest BCUT2D eigenvalue weighted by molar-refractivity contribution is 7.99. The molecular weight excluding hydrogens is 208 g/mol. The molecule has 0 saturated heterocycles. The molecule has 0 radical (unpaired) electrons. The van der Waals surface area contributed by atoms with Crippen LogP contribution in [0.25, 0.3) is 0 Å². The van der Waals surface area contributed by atoms with Gasteiger partial charge in [0, 0.05) is 24.4 Å². The maximum Gasteiger partial charge on any atom is 0.174 e. The molecule has 78 valence electrons. The number of hydrogen-bond donors (Lipinski definition) is 0. The van der Waals surface area contributed by atoms with Crippen molar-refractivity contribution in [2.45, 2.75) is 16.8 Å². The number of methoxy groups -OCH3 is 1. The van der Waals surface area contributed by atoms with E-state index >= 15 is 0 Å². The summed E-state index contributed by atoms with van der Waals surface area (Å²) in [5, 5.41) is 0.947. The van der Waals surface area contributed by atoms with E-state index in [2.05, 4.69) is 17.1 Å². The van der Waals surface area contributed by atoms with E-state index in [4.69, 9.17) is 4.74 Å². The zero-order valence-electron chi connectivity index (χ0n) is 8.46. The summed E-state index contributed by atoms with van der Waals surface area (Å²) >= 11 is 1.63. The molecule has 0 aliphatic carbocycles. The molecule has 4 heteroatoms. The average molecular weight is 220 g/mol. The third kappa shape index (κ3) is 2.61. The summed E-state index contributed by atoms with van der Waals surface area (Å²) in [6, 6.07) is 10.2. The molecule has 0 bridgehead atoms. The highest BCUT2D eigenvalue weighted by Crippen LogP contribution is 2.25. The standard InChI is InChI=1S/C11H12N2OS/c1-14-9-13-8-7-12-11(13)15-10-5-3-2-4-6-10/h2-8H,9H2,1H3. The molecular formula is C11H12N2OS. The topological polar surface area (TPSA) is 27.1 Å². The van der Waals surface area contributed by atoms with E-state index in [0.29, 0.717) is 6.73 Å². The third-order valence-electron chi connectivity index (χ3n) is 1.90. The monoisotopic (exact) mass is 220 g/mol. The van der Waals surface area contributed by atoms with Gasteiger partial charge in [-0.1, -0.05) is 30.0 Å². The first-order valence-corrected chi connectivity index (χ1v) is 5.45. The Kier molecular flexibility index (Phi) is 3.42. The van der Waals surface area contributed by atoms with E-state index in [1.807, 2.05) is 29.0 Å². The highest BCUT2D eigenvalue weighted by atomic mass is 32.2. The van der Waals surface area contributed by atoms with Gasteiger partial charge in [-0.05, 0) is 12.1 Å². The maximum atomic E-state index is 5.07. The van der Waals surface area contributed by atoms with Gasteiger partial charge >= 0.3 is 0 Å². The minimum absolute atomic E-state index is 0.537. The van der Waals surface area contributed by atoms with Crippen LogP contribution in [-0.2, 0) is 11.5 Å². The van der Waals surface area contributed by atoms with E-state index in [1.54, 1.807) is 25.1 Å². The lowest BCUT2D eigenvalue weighted by Gasteiger charge is -2.05. The summed E-state index contributed by atoms with van der Waals surface area (Å²) < 4.78 is 7.04. The van der Waals surface area contributed by atoms with Crippen molar-refractivity contribution in [3.8, 4) is 0 Å². The second-order valence-electron chi connectivity index (χ2n) is 3.01. The van der Waals surface area contributed by atoms with E-state index in [9.17, 15) is 0 Å². The van der Waals surface area contributed by atoms with Crippen molar-refractivity contribution in [3.63, 3.8) is 0 Å². The lowest BCUT2D eigenvalue weighted by molar-refractivity contribution is 0.124. The molecule has 1 aromatic heterocycles. The lowest BCUT2D eigenvalue weighted by Crippen LogP contribution is -1.99. The number of ether oxygens (including phenoxy) is 1. The van der Waals surface area contributed by atoms with Gasteiger partial charge in [0.1, 0.15) is 6.73 Å². The molecule has 1 aromatic carbocycles. The fraction of sp³-hybridized carbons (Fsp3) is 0.182. The number of imidazole rings is 1. The Hall–Kier alpha value is -1.26. The SMILES string of the molecule is COCn1ccnc1Sc1ccccc1. The summed E-state index contributed by atoms with van der Waals surface area (Å²) in [4.78, 5) is 5.46. The van der Waals surface area contributed by atoms with Gasteiger partial charge in [0.15, 0.2) is 5.16 Å². The number of aromatic nitrogens is 2. The summed E-state index contributed by atoms with van der Waals surface area (Å²) in [5.74, 6) is 0.